The normalized spacial score (nSPS) is 13.8. The second kappa shape index (κ2) is 16.1. The fourth-order valence-corrected chi connectivity index (χ4v) is 3.69. The Morgan fingerprint density at radius 3 is 1.89 bits per heavy atom. The molecule has 0 spiro atoms. The van der Waals surface area contributed by atoms with Gasteiger partial charge in [-0.2, -0.15) is 11.8 Å². The number of benzene rings is 1. The van der Waals surface area contributed by atoms with Crippen molar-refractivity contribution in [1.29, 1.82) is 0 Å². The molecule has 0 aromatic heterocycles. The number of aromatic hydroxyl groups is 1. The summed E-state index contributed by atoms with van der Waals surface area (Å²) in [5, 5.41) is 43.6. The molecule has 3 amide bonds. The lowest BCUT2D eigenvalue weighted by Gasteiger charge is -2.24. The molecule has 0 saturated carbocycles. The zero-order valence-corrected chi connectivity index (χ0v) is 21.4. The maximum Gasteiger partial charge on any atom is 0.326 e. The Morgan fingerprint density at radius 2 is 1.37 bits per heavy atom. The lowest BCUT2D eigenvalue weighted by molar-refractivity contribution is -0.143. The first-order valence-corrected chi connectivity index (χ1v) is 12.8. The summed E-state index contributed by atoms with van der Waals surface area (Å²) in [4.78, 5) is 72.0. The fraction of sp³-hybridized carbons (Fsp3) is 0.478. The predicted octanol–water partition coefficient (Wildman–Crippen LogP) is -1.11. The van der Waals surface area contributed by atoms with Gasteiger partial charge in [-0.1, -0.05) is 12.1 Å². The molecular formula is C23H32N4O10S. The first-order valence-electron chi connectivity index (χ1n) is 11.4. The van der Waals surface area contributed by atoms with E-state index in [-0.39, 0.29) is 18.6 Å². The predicted molar refractivity (Wildman–Crippen MR) is 135 cm³/mol. The van der Waals surface area contributed by atoms with Gasteiger partial charge in [0.2, 0.25) is 17.7 Å². The summed E-state index contributed by atoms with van der Waals surface area (Å²) in [6.45, 7) is 0. The average molecular weight is 557 g/mol. The molecule has 1 aromatic rings. The van der Waals surface area contributed by atoms with E-state index in [0.717, 1.165) is 0 Å². The van der Waals surface area contributed by atoms with Gasteiger partial charge in [-0.05, 0) is 49.0 Å². The zero-order valence-electron chi connectivity index (χ0n) is 20.6. The van der Waals surface area contributed by atoms with Crippen molar-refractivity contribution in [2.45, 2.75) is 56.3 Å². The molecule has 1 aromatic carbocycles. The van der Waals surface area contributed by atoms with Gasteiger partial charge in [0.15, 0.2) is 0 Å². The van der Waals surface area contributed by atoms with Crippen LogP contribution in [0.5, 0.6) is 5.75 Å². The summed E-state index contributed by atoms with van der Waals surface area (Å²) in [5.41, 5.74) is 6.51. The maximum absolute atomic E-state index is 12.9. The smallest absolute Gasteiger partial charge is 0.326 e. The van der Waals surface area contributed by atoms with E-state index in [1.807, 2.05) is 0 Å². The minimum Gasteiger partial charge on any atom is -0.508 e. The third-order valence-corrected chi connectivity index (χ3v) is 5.89. The molecule has 4 unspecified atom stereocenters. The highest BCUT2D eigenvalue weighted by molar-refractivity contribution is 7.98. The summed E-state index contributed by atoms with van der Waals surface area (Å²) in [7, 11) is 0. The van der Waals surface area contributed by atoms with Gasteiger partial charge >= 0.3 is 17.9 Å². The number of phenols is 1. The highest BCUT2D eigenvalue weighted by atomic mass is 32.2. The Bertz CT molecular complexity index is 1000. The Hall–Kier alpha value is -3.85. The second-order valence-corrected chi connectivity index (χ2v) is 9.30. The van der Waals surface area contributed by atoms with E-state index >= 15 is 0 Å². The monoisotopic (exact) mass is 556 g/mol. The van der Waals surface area contributed by atoms with Crippen molar-refractivity contribution in [2.24, 2.45) is 5.73 Å². The summed E-state index contributed by atoms with van der Waals surface area (Å²) >= 11 is 1.34. The third-order valence-electron chi connectivity index (χ3n) is 5.25. The van der Waals surface area contributed by atoms with Gasteiger partial charge in [0.25, 0.3) is 0 Å². The van der Waals surface area contributed by atoms with E-state index < -0.39 is 79.1 Å². The number of rotatable bonds is 17. The van der Waals surface area contributed by atoms with Gasteiger partial charge in [-0.15, -0.1) is 0 Å². The standard InChI is InChI=1S/C23H32N4O10S/c1-38-9-8-16(23(36)37)26-22(35)17(11-19(31)32)27-21(34)15(6-7-18(29)30)25-20(33)14(24)10-12-2-4-13(28)5-3-12/h2-5,14-17,28H,6-11,24H2,1H3,(H,25,33)(H,26,35)(H,27,34)(H,29,30)(H,31,32)(H,36,37). The van der Waals surface area contributed by atoms with Crippen molar-refractivity contribution in [3.05, 3.63) is 29.8 Å². The number of carbonyl (C=O) groups excluding carboxylic acids is 3. The van der Waals surface area contributed by atoms with Crippen LogP contribution >= 0.6 is 11.8 Å². The number of aliphatic carboxylic acids is 3. The molecular weight excluding hydrogens is 524 g/mol. The van der Waals surface area contributed by atoms with Gasteiger partial charge < -0.3 is 42.1 Å². The zero-order chi connectivity index (χ0) is 28.8. The van der Waals surface area contributed by atoms with Crippen LogP contribution in [0.1, 0.15) is 31.2 Å². The van der Waals surface area contributed by atoms with Crippen molar-refractivity contribution in [3.63, 3.8) is 0 Å². The van der Waals surface area contributed by atoms with Crippen LogP contribution in [0, 0.1) is 0 Å². The number of phenolic OH excluding ortho intramolecular Hbond substituents is 1. The molecule has 0 saturated heterocycles. The van der Waals surface area contributed by atoms with Crippen LogP contribution in [0.25, 0.3) is 0 Å². The number of carboxylic acids is 3. The number of amides is 3. The number of nitrogens with one attached hydrogen (secondary N) is 3. The number of hydrogen-bond donors (Lipinski definition) is 8. The minimum atomic E-state index is -1.70. The topological polar surface area (TPSA) is 245 Å². The van der Waals surface area contributed by atoms with Gasteiger partial charge in [-0.3, -0.25) is 24.0 Å². The van der Waals surface area contributed by atoms with Crippen molar-refractivity contribution >= 4 is 47.4 Å². The SMILES string of the molecule is CSCCC(NC(=O)C(CC(=O)O)NC(=O)C(CCC(=O)O)NC(=O)C(N)Cc1ccc(O)cc1)C(=O)O. The molecule has 0 aliphatic rings. The van der Waals surface area contributed by atoms with Crippen molar-refractivity contribution in [2.75, 3.05) is 12.0 Å². The molecule has 0 aliphatic heterocycles. The second-order valence-electron chi connectivity index (χ2n) is 8.31. The first-order chi connectivity index (χ1) is 17.8. The number of thioether (sulfide) groups is 1. The number of nitrogens with two attached hydrogens (primary N) is 1. The Labute approximate surface area is 222 Å². The van der Waals surface area contributed by atoms with E-state index in [1.165, 1.54) is 36.0 Å². The van der Waals surface area contributed by atoms with E-state index in [1.54, 1.807) is 6.26 Å². The van der Waals surface area contributed by atoms with Crippen LogP contribution in [0.3, 0.4) is 0 Å². The molecule has 1 rings (SSSR count). The van der Waals surface area contributed by atoms with Crippen molar-refractivity contribution in [1.82, 2.24) is 16.0 Å². The maximum atomic E-state index is 12.9. The van der Waals surface area contributed by atoms with Crippen LogP contribution in [0.15, 0.2) is 24.3 Å². The quantitative estimate of drug-likeness (QED) is 0.114. The molecule has 0 aliphatic carbocycles. The third kappa shape index (κ3) is 11.9. The summed E-state index contributed by atoms with van der Waals surface area (Å²) in [5.74, 6) is -6.62. The lowest BCUT2D eigenvalue weighted by Crippen LogP contribution is -2.57. The highest BCUT2D eigenvalue weighted by Crippen LogP contribution is 2.11. The summed E-state index contributed by atoms with van der Waals surface area (Å²) < 4.78 is 0. The number of carbonyl (C=O) groups is 6. The molecule has 210 valence electrons. The van der Waals surface area contributed by atoms with Gasteiger partial charge in [0.05, 0.1) is 12.5 Å². The summed E-state index contributed by atoms with van der Waals surface area (Å²) in [6, 6.07) is 0.186. The fourth-order valence-electron chi connectivity index (χ4n) is 3.22. The van der Waals surface area contributed by atoms with Crippen LogP contribution in [-0.4, -0.2) is 92.2 Å². The molecule has 0 bridgehead atoms. The highest BCUT2D eigenvalue weighted by Gasteiger charge is 2.31. The molecule has 0 fully saturated rings. The summed E-state index contributed by atoms with van der Waals surface area (Å²) in [6.07, 6.45) is -0.0339. The van der Waals surface area contributed by atoms with Gasteiger partial charge in [-0.25, -0.2) is 4.79 Å². The van der Waals surface area contributed by atoms with Crippen LogP contribution in [0.4, 0.5) is 0 Å². The lowest BCUT2D eigenvalue weighted by atomic mass is 10.0. The Kier molecular flexibility index (Phi) is 13.6. The molecule has 0 radical (unpaired) electrons. The van der Waals surface area contributed by atoms with Crippen LogP contribution in [0.2, 0.25) is 0 Å². The number of carboxylic acid groups (broad SMARTS) is 3. The van der Waals surface area contributed by atoms with E-state index in [9.17, 15) is 44.1 Å². The number of hydrogen-bond acceptors (Lipinski definition) is 9. The Morgan fingerprint density at radius 1 is 0.816 bits per heavy atom. The molecule has 0 heterocycles. The Balaban J connectivity index is 2.99. The average Bonchev–Trinajstić information content (AvgIpc) is 2.84. The van der Waals surface area contributed by atoms with Crippen LogP contribution in [-0.2, 0) is 35.2 Å². The van der Waals surface area contributed by atoms with Gasteiger partial charge in [0, 0.05) is 6.42 Å². The van der Waals surface area contributed by atoms with Crippen molar-refractivity contribution < 1.29 is 49.2 Å². The van der Waals surface area contributed by atoms with Crippen LogP contribution < -0.4 is 21.7 Å². The minimum absolute atomic E-state index is 0.0102. The molecule has 14 nitrogen and oxygen atoms in total. The van der Waals surface area contributed by atoms with E-state index in [4.69, 9.17) is 10.8 Å². The molecule has 4 atom stereocenters. The van der Waals surface area contributed by atoms with E-state index in [2.05, 4.69) is 16.0 Å². The molecule has 38 heavy (non-hydrogen) atoms. The van der Waals surface area contributed by atoms with Gasteiger partial charge in [0.1, 0.15) is 23.9 Å². The first kappa shape index (κ1) is 32.2. The van der Waals surface area contributed by atoms with Crippen molar-refractivity contribution in [3.8, 4) is 5.75 Å². The molecule has 15 heteroatoms. The largest absolute Gasteiger partial charge is 0.508 e. The molecule has 9 N–H and O–H groups in total. The van der Waals surface area contributed by atoms with E-state index in [0.29, 0.717) is 11.3 Å².